The van der Waals surface area contributed by atoms with Gasteiger partial charge in [0, 0.05) is 28.9 Å². The molecule has 0 fully saturated rings. The fraction of sp³-hybridized carbons (Fsp3) is 0.556. The van der Waals surface area contributed by atoms with E-state index in [-0.39, 0.29) is 29.2 Å². The van der Waals surface area contributed by atoms with Crippen LogP contribution >= 0.6 is 0 Å². The molecule has 0 amide bonds. The first-order valence-corrected chi connectivity index (χ1v) is 6.89. The summed E-state index contributed by atoms with van der Waals surface area (Å²) in [5.74, 6) is 0.383. The molecule has 0 spiro atoms. The molecule has 0 aliphatic heterocycles. The first kappa shape index (κ1) is 14.3. The van der Waals surface area contributed by atoms with Gasteiger partial charge in [0.15, 0.2) is 0 Å². The van der Waals surface area contributed by atoms with E-state index in [1.165, 1.54) is 6.92 Å². The van der Waals surface area contributed by atoms with Gasteiger partial charge in [-0.3, -0.25) is 14.3 Å². The molecule has 2 atom stereocenters. The minimum absolute atomic E-state index is 0.0366. The van der Waals surface area contributed by atoms with Gasteiger partial charge in [0.05, 0.1) is 4.92 Å². The molecule has 9 heteroatoms. The molecule has 1 aromatic rings. The van der Waals surface area contributed by atoms with Crippen molar-refractivity contribution in [2.24, 2.45) is 0 Å². The van der Waals surface area contributed by atoms with Crippen molar-refractivity contribution in [1.82, 2.24) is 9.97 Å². The van der Waals surface area contributed by atoms with Crippen LogP contribution in [0.5, 0.6) is 0 Å². The van der Waals surface area contributed by atoms with E-state index in [1.54, 1.807) is 13.2 Å². The zero-order chi connectivity index (χ0) is 13.9. The molecule has 3 N–H and O–H groups in total. The minimum Gasteiger partial charge on any atom is -0.368 e. The van der Waals surface area contributed by atoms with Crippen molar-refractivity contribution in [3.8, 4) is 0 Å². The van der Waals surface area contributed by atoms with Crippen LogP contribution in [0.25, 0.3) is 0 Å². The molecule has 0 aliphatic carbocycles. The van der Waals surface area contributed by atoms with Crippen LogP contribution in [0.1, 0.15) is 12.6 Å². The minimum atomic E-state index is -1.00. The quantitative estimate of drug-likeness (QED) is 0.589. The first-order valence-electron chi connectivity index (χ1n) is 5.16. The molecular formula is C9H15N5O3S. The summed E-state index contributed by atoms with van der Waals surface area (Å²) in [6.45, 7) is 3.25. The molecule has 1 rings (SSSR count). The molecule has 0 saturated carbocycles. The largest absolute Gasteiger partial charge is 0.368 e. The predicted molar refractivity (Wildman–Crippen MR) is 69.9 cm³/mol. The summed E-state index contributed by atoms with van der Waals surface area (Å²) < 4.78 is 11.1. The van der Waals surface area contributed by atoms with Gasteiger partial charge in [-0.05, 0) is 13.8 Å². The number of nitrogens with two attached hydrogens (primary N) is 1. The van der Waals surface area contributed by atoms with Gasteiger partial charge in [-0.25, -0.2) is 4.98 Å². The lowest BCUT2D eigenvalue weighted by atomic mass is 10.3. The Hall–Kier alpha value is -1.77. The Balaban J connectivity index is 3.07. The summed E-state index contributed by atoms with van der Waals surface area (Å²) in [5, 5.41) is 13.8. The smallest absolute Gasteiger partial charge is 0.332 e. The van der Waals surface area contributed by atoms with Gasteiger partial charge in [-0.2, -0.15) is 4.98 Å². The molecule has 0 aliphatic rings. The number of aryl methyl sites for hydroxylation is 1. The Morgan fingerprint density at radius 3 is 2.67 bits per heavy atom. The summed E-state index contributed by atoms with van der Waals surface area (Å²) in [6.07, 6.45) is 1.56. The number of hydrogen-bond donors (Lipinski definition) is 2. The van der Waals surface area contributed by atoms with Crippen LogP contribution in [0.15, 0.2) is 0 Å². The number of nitrogen functional groups attached to an aromatic ring is 1. The van der Waals surface area contributed by atoms with Crippen molar-refractivity contribution in [3.63, 3.8) is 0 Å². The van der Waals surface area contributed by atoms with Crippen LogP contribution in [-0.2, 0) is 10.8 Å². The van der Waals surface area contributed by atoms with E-state index in [2.05, 4.69) is 15.3 Å². The fourth-order valence-corrected chi connectivity index (χ4v) is 2.32. The summed E-state index contributed by atoms with van der Waals surface area (Å²) in [7, 11) is -1.00. The lowest BCUT2D eigenvalue weighted by molar-refractivity contribution is -0.385. The SMILES string of the molecule is Cc1nc(N)nc(NC(C)CS(C)=O)c1[N+](=O)[O-]. The number of nitro groups is 1. The highest BCUT2D eigenvalue weighted by atomic mass is 32.2. The molecule has 8 nitrogen and oxygen atoms in total. The Morgan fingerprint density at radius 1 is 1.56 bits per heavy atom. The maximum Gasteiger partial charge on any atom is 0.332 e. The van der Waals surface area contributed by atoms with Gasteiger partial charge in [-0.1, -0.05) is 0 Å². The van der Waals surface area contributed by atoms with E-state index < -0.39 is 15.7 Å². The van der Waals surface area contributed by atoms with E-state index in [0.29, 0.717) is 5.75 Å². The molecular weight excluding hydrogens is 258 g/mol. The van der Waals surface area contributed by atoms with Crippen molar-refractivity contribution in [2.75, 3.05) is 23.1 Å². The highest BCUT2D eigenvalue weighted by Crippen LogP contribution is 2.26. The predicted octanol–water partition coefficient (Wildman–Crippen LogP) is 0.454. The average molecular weight is 273 g/mol. The second-order valence-corrected chi connectivity index (χ2v) is 5.39. The number of aromatic nitrogens is 2. The molecule has 0 bridgehead atoms. The zero-order valence-electron chi connectivity index (χ0n) is 10.3. The Morgan fingerprint density at radius 2 is 2.17 bits per heavy atom. The number of hydrogen-bond acceptors (Lipinski definition) is 7. The van der Waals surface area contributed by atoms with E-state index in [0.717, 1.165) is 0 Å². The van der Waals surface area contributed by atoms with Gasteiger partial charge in [0.2, 0.25) is 11.8 Å². The third-order valence-corrected chi connectivity index (χ3v) is 3.10. The summed E-state index contributed by atoms with van der Waals surface area (Å²) >= 11 is 0. The number of anilines is 2. The fourth-order valence-electron chi connectivity index (χ4n) is 1.53. The number of nitrogens with one attached hydrogen (secondary N) is 1. The van der Waals surface area contributed by atoms with Crippen molar-refractivity contribution >= 4 is 28.3 Å². The van der Waals surface area contributed by atoms with Gasteiger partial charge in [0.1, 0.15) is 5.69 Å². The van der Waals surface area contributed by atoms with Crippen LogP contribution in [0, 0.1) is 17.0 Å². The molecule has 0 radical (unpaired) electrons. The second kappa shape index (κ2) is 5.71. The lowest BCUT2D eigenvalue weighted by Crippen LogP contribution is -2.24. The monoisotopic (exact) mass is 273 g/mol. The summed E-state index contributed by atoms with van der Waals surface area (Å²) in [5.41, 5.74) is 5.44. The van der Waals surface area contributed by atoms with E-state index in [1.807, 2.05) is 0 Å². The van der Waals surface area contributed by atoms with Crippen LogP contribution in [0.3, 0.4) is 0 Å². The Bertz CT molecular complexity index is 493. The van der Waals surface area contributed by atoms with Crippen molar-refractivity contribution < 1.29 is 9.13 Å². The average Bonchev–Trinajstić information content (AvgIpc) is 2.12. The highest BCUT2D eigenvalue weighted by Gasteiger charge is 2.22. The van der Waals surface area contributed by atoms with Gasteiger partial charge in [-0.15, -0.1) is 0 Å². The standard InChI is InChI=1S/C9H15N5O3S/c1-5(4-18(3)17)11-8-7(14(15)16)6(2)12-9(10)13-8/h5H,4H2,1-3H3,(H3,10,11,12,13). The van der Waals surface area contributed by atoms with Gasteiger partial charge < -0.3 is 11.1 Å². The van der Waals surface area contributed by atoms with E-state index >= 15 is 0 Å². The lowest BCUT2D eigenvalue weighted by Gasteiger charge is -2.13. The van der Waals surface area contributed by atoms with Gasteiger partial charge in [0.25, 0.3) is 0 Å². The molecule has 1 aromatic heterocycles. The van der Waals surface area contributed by atoms with E-state index in [9.17, 15) is 14.3 Å². The molecule has 0 aromatic carbocycles. The second-order valence-electron chi connectivity index (χ2n) is 3.91. The summed E-state index contributed by atoms with van der Waals surface area (Å²) in [6, 6.07) is -0.219. The number of rotatable bonds is 5. The third kappa shape index (κ3) is 3.62. The first-order chi connectivity index (χ1) is 8.31. The third-order valence-electron chi connectivity index (χ3n) is 2.13. The Kier molecular flexibility index (Phi) is 4.54. The highest BCUT2D eigenvalue weighted by molar-refractivity contribution is 7.84. The molecule has 1 heterocycles. The van der Waals surface area contributed by atoms with Crippen LogP contribution in [0.4, 0.5) is 17.5 Å². The maximum absolute atomic E-state index is 11.1. The molecule has 100 valence electrons. The van der Waals surface area contributed by atoms with Crippen molar-refractivity contribution in [2.45, 2.75) is 19.9 Å². The molecule has 2 unspecified atom stereocenters. The topological polar surface area (TPSA) is 124 Å². The Labute approximate surface area is 107 Å². The molecule has 18 heavy (non-hydrogen) atoms. The van der Waals surface area contributed by atoms with E-state index in [4.69, 9.17) is 5.73 Å². The van der Waals surface area contributed by atoms with Crippen LogP contribution in [-0.4, -0.2) is 37.2 Å². The molecule has 0 saturated heterocycles. The zero-order valence-corrected chi connectivity index (χ0v) is 11.2. The summed E-state index contributed by atoms with van der Waals surface area (Å²) in [4.78, 5) is 17.9. The van der Waals surface area contributed by atoms with Crippen molar-refractivity contribution in [1.29, 1.82) is 0 Å². The van der Waals surface area contributed by atoms with Crippen LogP contribution in [0.2, 0.25) is 0 Å². The van der Waals surface area contributed by atoms with Crippen molar-refractivity contribution in [3.05, 3.63) is 15.8 Å². The van der Waals surface area contributed by atoms with Gasteiger partial charge >= 0.3 is 5.69 Å². The normalized spacial score (nSPS) is 13.9. The van der Waals surface area contributed by atoms with Crippen LogP contribution < -0.4 is 11.1 Å². The number of nitrogens with zero attached hydrogens (tertiary/aromatic N) is 3. The maximum atomic E-state index is 11.1.